The summed E-state index contributed by atoms with van der Waals surface area (Å²) in [6.07, 6.45) is 6.70. The summed E-state index contributed by atoms with van der Waals surface area (Å²) in [6.45, 7) is 5.06. The molecule has 2 rings (SSSR count). The van der Waals surface area contributed by atoms with Gasteiger partial charge in [0.2, 0.25) is 0 Å². The van der Waals surface area contributed by atoms with Crippen LogP contribution in [0.25, 0.3) is 0 Å². The van der Waals surface area contributed by atoms with Gasteiger partial charge in [0, 0.05) is 25.0 Å². The number of hydrogen-bond donors (Lipinski definition) is 2. The molecule has 0 unspecified atom stereocenters. The van der Waals surface area contributed by atoms with Gasteiger partial charge in [-0.25, -0.2) is 8.42 Å². The second-order valence-corrected chi connectivity index (χ2v) is 6.67. The summed E-state index contributed by atoms with van der Waals surface area (Å²) in [5.74, 6) is 0. The number of hydrogen-bond acceptors (Lipinski definition) is 5. The lowest BCUT2D eigenvalue weighted by atomic mass is 10.4. The van der Waals surface area contributed by atoms with Crippen LogP contribution in [-0.2, 0) is 16.6 Å². The summed E-state index contributed by atoms with van der Waals surface area (Å²) < 4.78 is 30.2. The van der Waals surface area contributed by atoms with Gasteiger partial charge in [0.1, 0.15) is 4.90 Å². The van der Waals surface area contributed by atoms with Gasteiger partial charge in [-0.15, -0.1) is 0 Å². The van der Waals surface area contributed by atoms with Crippen molar-refractivity contribution in [3.05, 3.63) is 24.8 Å². The Morgan fingerprint density at radius 1 is 1.29 bits per heavy atom. The van der Waals surface area contributed by atoms with Gasteiger partial charge in [0.15, 0.2) is 0 Å². The van der Waals surface area contributed by atoms with Crippen LogP contribution in [0.3, 0.4) is 0 Å². The largest absolute Gasteiger partial charge is 0.330 e. The maximum Gasteiger partial charge on any atom is 0.265 e. The highest BCUT2D eigenvalue weighted by Crippen LogP contribution is 2.16. The lowest BCUT2D eigenvalue weighted by Gasteiger charge is -2.04. The molecule has 3 N–H and O–H groups in total. The number of sulfonamides is 1. The van der Waals surface area contributed by atoms with Crippen LogP contribution < -0.4 is 10.5 Å². The van der Waals surface area contributed by atoms with Crippen LogP contribution in [0.4, 0.5) is 5.69 Å². The van der Waals surface area contributed by atoms with E-state index in [0.29, 0.717) is 18.8 Å². The maximum atomic E-state index is 12.2. The number of aryl methyl sites for hydroxylation is 1. The number of nitrogens with one attached hydrogen (secondary N) is 1. The van der Waals surface area contributed by atoms with Gasteiger partial charge < -0.3 is 5.73 Å². The van der Waals surface area contributed by atoms with Crippen molar-refractivity contribution < 1.29 is 8.42 Å². The minimum atomic E-state index is -3.65. The van der Waals surface area contributed by atoms with Gasteiger partial charge in [-0.05, 0) is 26.8 Å². The minimum Gasteiger partial charge on any atom is -0.330 e. The Morgan fingerprint density at radius 3 is 2.67 bits per heavy atom. The van der Waals surface area contributed by atoms with E-state index in [0.717, 1.165) is 6.42 Å². The van der Waals surface area contributed by atoms with Crippen molar-refractivity contribution in [3.63, 3.8) is 0 Å². The SMILES string of the molecule is CC(C)n1cc(NS(=O)(=O)c2cnn(CCCN)c2)cn1. The average molecular weight is 312 g/mol. The van der Waals surface area contributed by atoms with Crippen LogP contribution in [0, 0.1) is 0 Å². The van der Waals surface area contributed by atoms with E-state index in [1.165, 1.54) is 18.6 Å². The number of nitrogens with zero attached hydrogens (tertiary/aromatic N) is 4. The molecule has 0 aromatic carbocycles. The van der Waals surface area contributed by atoms with Gasteiger partial charge in [-0.3, -0.25) is 14.1 Å². The van der Waals surface area contributed by atoms with E-state index in [2.05, 4.69) is 14.9 Å². The molecule has 2 aromatic rings. The quantitative estimate of drug-likeness (QED) is 0.786. The Morgan fingerprint density at radius 2 is 2.05 bits per heavy atom. The predicted molar refractivity (Wildman–Crippen MR) is 79.3 cm³/mol. The van der Waals surface area contributed by atoms with Crippen LogP contribution in [-0.4, -0.2) is 34.5 Å². The molecule has 0 spiro atoms. The van der Waals surface area contributed by atoms with E-state index < -0.39 is 10.0 Å². The Hall–Kier alpha value is -1.87. The Bertz CT molecular complexity index is 688. The van der Waals surface area contributed by atoms with E-state index >= 15 is 0 Å². The summed E-state index contributed by atoms with van der Waals surface area (Å²) in [7, 11) is -3.65. The predicted octanol–water partition coefficient (Wildman–Crippen LogP) is 0.810. The van der Waals surface area contributed by atoms with Crippen molar-refractivity contribution in [2.45, 2.75) is 37.8 Å². The molecule has 0 aliphatic carbocycles. The molecular formula is C12H20N6O2S. The topological polar surface area (TPSA) is 108 Å². The number of aromatic nitrogens is 4. The molecule has 0 saturated carbocycles. The smallest absolute Gasteiger partial charge is 0.265 e. The molecule has 0 aliphatic heterocycles. The van der Waals surface area contributed by atoms with E-state index in [1.807, 2.05) is 13.8 Å². The van der Waals surface area contributed by atoms with Crippen LogP contribution >= 0.6 is 0 Å². The molecule has 0 bridgehead atoms. The van der Waals surface area contributed by atoms with Crippen molar-refractivity contribution in [1.82, 2.24) is 19.6 Å². The molecule has 0 saturated heterocycles. The van der Waals surface area contributed by atoms with Gasteiger partial charge in [0.05, 0.1) is 18.1 Å². The van der Waals surface area contributed by atoms with Crippen molar-refractivity contribution in [2.75, 3.05) is 11.3 Å². The fourth-order valence-corrected chi connectivity index (χ4v) is 2.73. The summed E-state index contributed by atoms with van der Waals surface area (Å²) in [4.78, 5) is 0.122. The molecule has 8 nitrogen and oxygen atoms in total. The highest BCUT2D eigenvalue weighted by atomic mass is 32.2. The second-order valence-electron chi connectivity index (χ2n) is 4.99. The lowest BCUT2D eigenvalue weighted by molar-refractivity contribution is 0.532. The first kappa shape index (κ1) is 15.5. The third kappa shape index (κ3) is 3.82. The highest BCUT2D eigenvalue weighted by molar-refractivity contribution is 7.92. The Balaban J connectivity index is 2.11. The number of nitrogens with two attached hydrogens (primary N) is 1. The average Bonchev–Trinajstić information content (AvgIpc) is 3.04. The zero-order valence-electron chi connectivity index (χ0n) is 12.1. The van der Waals surface area contributed by atoms with Crippen molar-refractivity contribution in [2.24, 2.45) is 5.73 Å². The van der Waals surface area contributed by atoms with Gasteiger partial charge in [-0.2, -0.15) is 10.2 Å². The molecule has 9 heteroatoms. The second kappa shape index (κ2) is 6.27. The zero-order valence-corrected chi connectivity index (χ0v) is 12.9. The summed E-state index contributed by atoms with van der Waals surface area (Å²) in [6, 6.07) is 0.169. The fourth-order valence-electron chi connectivity index (χ4n) is 1.75. The third-order valence-corrected chi connectivity index (χ3v) is 4.23. The molecule has 0 amide bonds. The highest BCUT2D eigenvalue weighted by Gasteiger charge is 2.17. The Kier molecular flexibility index (Phi) is 4.63. The normalized spacial score (nSPS) is 12.0. The maximum absolute atomic E-state index is 12.2. The minimum absolute atomic E-state index is 0.122. The van der Waals surface area contributed by atoms with E-state index in [1.54, 1.807) is 15.6 Å². The van der Waals surface area contributed by atoms with Gasteiger partial charge in [-0.1, -0.05) is 0 Å². The van der Waals surface area contributed by atoms with Crippen molar-refractivity contribution in [1.29, 1.82) is 0 Å². The molecule has 0 fully saturated rings. The summed E-state index contributed by atoms with van der Waals surface area (Å²) in [5.41, 5.74) is 5.85. The zero-order chi connectivity index (χ0) is 15.5. The molecule has 2 aromatic heterocycles. The lowest BCUT2D eigenvalue weighted by Crippen LogP contribution is -2.12. The van der Waals surface area contributed by atoms with Gasteiger partial charge in [0.25, 0.3) is 10.0 Å². The molecule has 21 heavy (non-hydrogen) atoms. The van der Waals surface area contributed by atoms with Crippen LogP contribution in [0.2, 0.25) is 0 Å². The third-order valence-electron chi connectivity index (χ3n) is 2.89. The molecule has 0 aliphatic rings. The Labute approximate surface area is 124 Å². The van der Waals surface area contributed by atoms with Crippen molar-refractivity contribution in [3.8, 4) is 0 Å². The van der Waals surface area contributed by atoms with Crippen LogP contribution in [0.15, 0.2) is 29.7 Å². The van der Waals surface area contributed by atoms with E-state index in [-0.39, 0.29) is 10.9 Å². The van der Waals surface area contributed by atoms with Gasteiger partial charge >= 0.3 is 0 Å². The monoisotopic (exact) mass is 312 g/mol. The van der Waals surface area contributed by atoms with Crippen molar-refractivity contribution >= 4 is 15.7 Å². The molecule has 116 valence electrons. The van der Waals surface area contributed by atoms with Crippen LogP contribution in [0.1, 0.15) is 26.3 Å². The standard InChI is InChI=1S/C12H20N6O2S/c1-10(2)18-8-11(6-15-18)16-21(19,20)12-7-14-17(9-12)5-3-4-13/h6-10,16H,3-5,13H2,1-2H3. The first-order valence-corrected chi connectivity index (χ1v) is 8.20. The molecular weight excluding hydrogens is 292 g/mol. The first-order chi connectivity index (χ1) is 9.92. The molecule has 0 atom stereocenters. The fraction of sp³-hybridized carbons (Fsp3) is 0.500. The van der Waals surface area contributed by atoms with E-state index in [9.17, 15) is 8.42 Å². The summed E-state index contributed by atoms with van der Waals surface area (Å²) >= 11 is 0. The number of anilines is 1. The molecule has 0 radical (unpaired) electrons. The first-order valence-electron chi connectivity index (χ1n) is 6.72. The van der Waals surface area contributed by atoms with Crippen LogP contribution in [0.5, 0.6) is 0 Å². The van der Waals surface area contributed by atoms with E-state index in [4.69, 9.17) is 5.73 Å². The molecule has 2 heterocycles. The number of rotatable bonds is 7. The summed E-state index contributed by atoms with van der Waals surface area (Å²) in [5, 5.41) is 8.11.